The molecule has 0 unspecified atom stereocenters. The van der Waals surface area contributed by atoms with Crippen LogP contribution in [0, 0.1) is 11.3 Å². The fraction of sp³-hybridized carbons (Fsp3) is 0.467. The summed E-state index contributed by atoms with van der Waals surface area (Å²) in [5.74, 6) is 0. The van der Waals surface area contributed by atoms with Gasteiger partial charge in [0.25, 0.3) is 0 Å². The van der Waals surface area contributed by atoms with Crippen molar-refractivity contribution in [3.8, 4) is 6.07 Å². The summed E-state index contributed by atoms with van der Waals surface area (Å²) in [6, 6.07) is 8.83. The zero-order chi connectivity index (χ0) is 15.1. The first-order chi connectivity index (χ1) is 10.2. The molecule has 0 aliphatic carbocycles. The standard InChI is InChI=1S/C15H20N4O2/c1-21-8-7-19-6-5-14(11-19)18-15(20)17-13-4-2-3-12(9-13)10-16/h2-4,9,14H,5-8,11H2,1H3,(H2,17,18,20)/t14-/m0/s1. The van der Waals surface area contributed by atoms with Crippen molar-refractivity contribution in [2.75, 3.05) is 38.7 Å². The summed E-state index contributed by atoms with van der Waals surface area (Å²) >= 11 is 0. The Balaban J connectivity index is 1.78. The van der Waals surface area contributed by atoms with Gasteiger partial charge in [0, 0.05) is 38.5 Å². The Hall–Kier alpha value is -2.10. The number of nitrogens with one attached hydrogen (secondary N) is 2. The van der Waals surface area contributed by atoms with Crippen LogP contribution in [0.5, 0.6) is 0 Å². The molecule has 2 amide bonds. The number of anilines is 1. The van der Waals surface area contributed by atoms with Gasteiger partial charge in [-0.25, -0.2) is 4.79 Å². The lowest BCUT2D eigenvalue weighted by Crippen LogP contribution is -2.40. The largest absolute Gasteiger partial charge is 0.383 e. The van der Waals surface area contributed by atoms with E-state index in [4.69, 9.17) is 10.00 Å². The fourth-order valence-electron chi connectivity index (χ4n) is 2.39. The second-order valence-corrected chi connectivity index (χ2v) is 5.07. The number of likely N-dealkylation sites (tertiary alicyclic amines) is 1. The third kappa shape index (κ3) is 4.74. The van der Waals surface area contributed by atoms with Crippen molar-refractivity contribution >= 4 is 11.7 Å². The summed E-state index contributed by atoms with van der Waals surface area (Å²) in [7, 11) is 1.69. The van der Waals surface area contributed by atoms with E-state index < -0.39 is 0 Å². The van der Waals surface area contributed by atoms with Crippen molar-refractivity contribution in [1.82, 2.24) is 10.2 Å². The lowest BCUT2D eigenvalue weighted by molar-refractivity contribution is 0.160. The van der Waals surface area contributed by atoms with Crippen molar-refractivity contribution < 1.29 is 9.53 Å². The van der Waals surface area contributed by atoms with Crippen LogP contribution in [0.4, 0.5) is 10.5 Å². The Morgan fingerprint density at radius 1 is 1.57 bits per heavy atom. The third-order valence-corrected chi connectivity index (χ3v) is 3.47. The molecular weight excluding hydrogens is 268 g/mol. The van der Waals surface area contributed by atoms with Crippen molar-refractivity contribution in [2.24, 2.45) is 0 Å². The lowest BCUT2D eigenvalue weighted by atomic mass is 10.2. The van der Waals surface area contributed by atoms with Gasteiger partial charge in [-0.05, 0) is 24.6 Å². The first kappa shape index (κ1) is 15.3. The van der Waals surface area contributed by atoms with Gasteiger partial charge in [-0.2, -0.15) is 5.26 Å². The molecule has 1 aromatic carbocycles. The summed E-state index contributed by atoms with van der Waals surface area (Å²) < 4.78 is 5.05. The minimum Gasteiger partial charge on any atom is -0.383 e. The van der Waals surface area contributed by atoms with Crippen molar-refractivity contribution in [1.29, 1.82) is 5.26 Å². The molecule has 2 N–H and O–H groups in total. The summed E-state index contributed by atoms with van der Waals surface area (Å²) in [5.41, 5.74) is 1.15. The highest BCUT2D eigenvalue weighted by Gasteiger charge is 2.23. The van der Waals surface area contributed by atoms with Crippen molar-refractivity contribution in [3.63, 3.8) is 0 Å². The van der Waals surface area contributed by atoms with Crippen molar-refractivity contribution in [3.05, 3.63) is 29.8 Å². The average Bonchev–Trinajstić information content (AvgIpc) is 2.92. The normalized spacial score (nSPS) is 18.2. The molecule has 1 aliphatic heterocycles. The van der Waals surface area contributed by atoms with E-state index in [9.17, 15) is 4.79 Å². The molecule has 6 nitrogen and oxygen atoms in total. The Bertz CT molecular complexity index is 527. The molecule has 1 heterocycles. The number of hydrogen-bond acceptors (Lipinski definition) is 4. The van der Waals surface area contributed by atoms with Gasteiger partial charge in [0.05, 0.1) is 18.2 Å². The van der Waals surface area contributed by atoms with Crippen LogP contribution >= 0.6 is 0 Å². The molecule has 1 aromatic rings. The molecule has 1 saturated heterocycles. The molecule has 0 spiro atoms. The fourth-order valence-corrected chi connectivity index (χ4v) is 2.39. The van der Waals surface area contributed by atoms with Crippen LogP contribution in [0.25, 0.3) is 0 Å². The van der Waals surface area contributed by atoms with Crippen LogP contribution in [-0.2, 0) is 4.74 Å². The van der Waals surface area contributed by atoms with Crippen LogP contribution in [0.1, 0.15) is 12.0 Å². The van der Waals surface area contributed by atoms with E-state index in [0.717, 1.165) is 26.1 Å². The van der Waals surface area contributed by atoms with Crippen molar-refractivity contribution in [2.45, 2.75) is 12.5 Å². The van der Waals surface area contributed by atoms with Crippen LogP contribution in [0.3, 0.4) is 0 Å². The van der Waals surface area contributed by atoms with Gasteiger partial charge in [-0.3, -0.25) is 4.90 Å². The Kier molecular flexibility index (Phi) is 5.55. The maximum Gasteiger partial charge on any atom is 0.319 e. The van der Waals surface area contributed by atoms with E-state index in [2.05, 4.69) is 15.5 Å². The maximum absolute atomic E-state index is 11.9. The van der Waals surface area contributed by atoms with Gasteiger partial charge in [-0.15, -0.1) is 0 Å². The lowest BCUT2D eigenvalue weighted by Gasteiger charge is -2.16. The molecule has 112 valence electrons. The summed E-state index contributed by atoms with van der Waals surface area (Å²) in [4.78, 5) is 14.2. The first-order valence-corrected chi connectivity index (χ1v) is 7.00. The van der Waals surface area contributed by atoms with E-state index in [1.54, 1.807) is 31.4 Å². The summed E-state index contributed by atoms with van der Waals surface area (Å²) in [6.45, 7) is 3.41. The molecule has 2 rings (SSSR count). The summed E-state index contributed by atoms with van der Waals surface area (Å²) in [5, 5.41) is 14.5. The first-order valence-electron chi connectivity index (χ1n) is 7.00. The summed E-state index contributed by atoms with van der Waals surface area (Å²) in [6.07, 6.45) is 0.940. The van der Waals surface area contributed by atoms with E-state index >= 15 is 0 Å². The molecule has 0 saturated carbocycles. The molecular formula is C15H20N4O2. The molecule has 1 fully saturated rings. The average molecular weight is 288 g/mol. The quantitative estimate of drug-likeness (QED) is 0.858. The molecule has 6 heteroatoms. The number of nitriles is 1. The van der Waals surface area contributed by atoms with Gasteiger partial charge < -0.3 is 15.4 Å². The van der Waals surface area contributed by atoms with Crippen LogP contribution < -0.4 is 10.6 Å². The Labute approximate surface area is 124 Å². The van der Waals surface area contributed by atoms with Gasteiger partial charge >= 0.3 is 6.03 Å². The number of urea groups is 1. The number of hydrogen-bond donors (Lipinski definition) is 2. The third-order valence-electron chi connectivity index (χ3n) is 3.47. The van der Waals surface area contributed by atoms with E-state index in [1.165, 1.54) is 0 Å². The second-order valence-electron chi connectivity index (χ2n) is 5.07. The van der Waals surface area contributed by atoms with E-state index in [-0.39, 0.29) is 12.1 Å². The minimum absolute atomic E-state index is 0.154. The van der Waals surface area contributed by atoms with Gasteiger partial charge in [0.1, 0.15) is 0 Å². The minimum atomic E-state index is -0.233. The number of carbonyl (C=O) groups is 1. The van der Waals surface area contributed by atoms with Gasteiger partial charge in [0.2, 0.25) is 0 Å². The highest BCUT2D eigenvalue weighted by atomic mass is 16.5. The zero-order valence-electron chi connectivity index (χ0n) is 12.1. The second kappa shape index (κ2) is 7.62. The number of ether oxygens (including phenoxy) is 1. The Morgan fingerprint density at radius 2 is 2.43 bits per heavy atom. The predicted molar refractivity (Wildman–Crippen MR) is 80.0 cm³/mol. The molecule has 1 atom stereocenters. The number of carbonyl (C=O) groups excluding carboxylic acids is 1. The van der Waals surface area contributed by atoms with Gasteiger partial charge in [-0.1, -0.05) is 6.07 Å². The molecule has 21 heavy (non-hydrogen) atoms. The number of rotatable bonds is 5. The molecule has 1 aliphatic rings. The number of methoxy groups -OCH3 is 1. The number of nitrogens with zero attached hydrogens (tertiary/aromatic N) is 2. The van der Waals surface area contributed by atoms with Crippen LogP contribution in [0.2, 0.25) is 0 Å². The Morgan fingerprint density at radius 3 is 3.19 bits per heavy atom. The van der Waals surface area contributed by atoms with E-state index in [0.29, 0.717) is 17.9 Å². The number of amides is 2. The highest BCUT2D eigenvalue weighted by Crippen LogP contribution is 2.11. The number of benzene rings is 1. The SMILES string of the molecule is COCCN1CC[C@H](NC(=O)Nc2cccc(C#N)c2)C1. The topological polar surface area (TPSA) is 77.4 Å². The predicted octanol–water partition coefficient (Wildman–Crippen LogP) is 1.40. The highest BCUT2D eigenvalue weighted by molar-refractivity contribution is 5.89. The molecule has 0 aromatic heterocycles. The monoisotopic (exact) mass is 288 g/mol. The van der Waals surface area contributed by atoms with Crippen LogP contribution in [0.15, 0.2) is 24.3 Å². The maximum atomic E-state index is 11.9. The van der Waals surface area contributed by atoms with Gasteiger partial charge in [0.15, 0.2) is 0 Å². The molecule has 0 radical (unpaired) electrons. The smallest absolute Gasteiger partial charge is 0.319 e. The van der Waals surface area contributed by atoms with E-state index in [1.807, 2.05) is 6.07 Å². The van der Waals surface area contributed by atoms with Crippen LogP contribution in [-0.4, -0.2) is 50.3 Å². The zero-order valence-corrected chi connectivity index (χ0v) is 12.1. The molecule has 0 bridgehead atoms.